The number of halogens is 1. The average Bonchev–Trinajstić information content (AvgIpc) is 2.35. The molecular formula is C14H20ClNO. The summed E-state index contributed by atoms with van der Waals surface area (Å²) in [5.74, 6) is 0.265. The van der Waals surface area contributed by atoms with E-state index < -0.39 is 0 Å². The van der Waals surface area contributed by atoms with Crippen LogP contribution in [0.2, 0.25) is 5.02 Å². The van der Waals surface area contributed by atoms with E-state index in [0.717, 1.165) is 10.6 Å². The van der Waals surface area contributed by atoms with Crippen molar-refractivity contribution in [2.24, 2.45) is 0 Å². The van der Waals surface area contributed by atoms with Gasteiger partial charge in [0.15, 0.2) is 0 Å². The lowest BCUT2D eigenvalue weighted by atomic mass is 10.0. The van der Waals surface area contributed by atoms with Gasteiger partial charge in [-0.2, -0.15) is 0 Å². The molecule has 0 radical (unpaired) electrons. The summed E-state index contributed by atoms with van der Waals surface area (Å²) < 4.78 is 0. The summed E-state index contributed by atoms with van der Waals surface area (Å²) in [7, 11) is 1.98. The maximum absolute atomic E-state index is 11.7. The molecule has 3 heteroatoms. The van der Waals surface area contributed by atoms with Crippen LogP contribution in [0.4, 0.5) is 0 Å². The van der Waals surface area contributed by atoms with Crippen LogP contribution in [0.1, 0.15) is 38.8 Å². The van der Waals surface area contributed by atoms with Crippen molar-refractivity contribution in [3.63, 3.8) is 0 Å². The first-order valence-electron chi connectivity index (χ1n) is 5.97. The number of hydrogen-bond donors (Lipinski definition) is 0. The van der Waals surface area contributed by atoms with Crippen molar-refractivity contribution in [3.05, 3.63) is 34.9 Å². The van der Waals surface area contributed by atoms with E-state index in [1.165, 1.54) is 0 Å². The third-order valence-corrected chi connectivity index (χ3v) is 3.60. The molecule has 0 bridgehead atoms. The molecule has 1 rings (SSSR count). The fourth-order valence-corrected chi connectivity index (χ4v) is 2.06. The molecule has 0 saturated heterocycles. The van der Waals surface area contributed by atoms with Gasteiger partial charge in [0.05, 0.1) is 6.04 Å². The van der Waals surface area contributed by atoms with Crippen LogP contribution < -0.4 is 0 Å². The number of Topliss-reactive ketones (excluding diaryl/α,β-unsaturated/α-hetero) is 1. The minimum Gasteiger partial charge on any atom is -0.298 e. The molecule has 0 amide bonds. The summed E-state index contributed by atoms with van der Waals surface area (Å²) in [5.41, 5.74) is 1.13. The van der Waals surface area contributed by atoms with E-state index in [2.05, 4.69) is 11.8 Å². The van der Waals surface area contributed by atoms with Crippen molar-refractivity contribution in [3.8, 4) is 0 Å². The highest BCUT2D eigenvalue weighted by molar-refractivity contribution is 6.30. The molecule has 2 nitrogen and oxygen atoms in total. The van der Waals surface area contributed by atoms with E-state index in [-0.39, 0.29) is 17.9 Å². The molecule has 1 aromatic rings. The monoisotopic (exact) mass is 253 g/mol. The van der Waals surface area contributed by atoms with Gasteiger partial charge in [-0.15, -0.1) is 0 Å². The topological polar surface area (TPSA) is 20.3 Å². The van der Waals surface area contributed by atoms with Crippen molar-refractivity contribution in [2.75, 3.05) is 7.05 Å². The number of rotatable bonds is 5. The SMILES string of the molecule is CCC(=O)C(C)N(C)C(C)c1cccc(Cl)c1. The summed E-state index contributed by atoms with van der Waals surface area (Å²) in [6, 6.07) is 7.91. The van der Waals surface area contributed by atoms with Gasteiger partial charge < -0.3 is 0 Å². The molecule has 0 heterocycles. The Morgan fingerprint density at radius 3 is 2.59 bits per heavy atom. The van der Waals surface area contributed by atoms with Crippen LogP contribution in [0, 0.1) is 0 Å². The molecule has 94 valence electrons. The summed E-state index contributed by atoms with van der Waals surface area (Å²) in [5, 5.41) is 0.734. The van der Waals surface area contributed by atoms with Gasteiger partial charge in [0.2, 0.25) is 0 Å². The van der Waals surface area contributed by atoms with Crippen LogP contribution >= 0.6 is 11.6 Å². The van der Waals surface area contributed by atoms with Gasteiger partial charge in [-0.05, 0) is 38.6 Å². The zero-order valence-electron chi connectivity index (χ0n) is 10.9. The lowest BCUT2D eigenvalue weighted by Gasteiger charge is -2.30. The van der Waals surface area contributed by atoms with Crippen LogP contribution in [0.15, 0.2) is 24.3 Å². The standard InChI is InChI=1S/C14H20ClNO/c1-5-14(17)11(3)16(4)10(2)12-7-6-8-13(15)9-12/h6-11H,5H2,1-4H3. The van der Waals surface area contributed by atoms with Gasteiger partial charge in [-0.3, -0.25) is 9.69 Å². The zero-order chi connectivity index (χ0) is 13.0. The molecule has 0 aliphatic rings. The number of carbonyl (C=O) groups excluding carboxylic acids is 1. The van der Waals surface area contributed by atoms with E-state index in [4.69, 9.17) is 11.6 Å². The smallest absolute Gasteiger partial charge is 0.149 e. The Kier molecular flexibility index (Phi) is 5.16. The Morgan fingerprint density at radius 1 is 1.41 bits per heavy atom. The second-order valence-electron chi connectivity index (χ2n) is 4.39. The zero-order valence-corrected chi connectivity index (χ0v) is 11.7. The van der Waals surface area contributed by atoms with E-state index >= 15 is 0 Å². The van der Waals surface area contributed by atoms with E-state index in [1.807, 2.05) is 45.2 Å². The Balaban J connectivity index is 2.82. The van der Waals surface area contributed by atoms with Crippen LogP contribution in [0.3, 0.4) is 0 Å². The molecule has 0 saturated carbocycles. The molecule has 0 spiro atoms. The molecular weight excluding hydrogens is 234 g/mol. The number of ketones is 1. The lowest BCUT2D eigenvalue weighted by molar-refractivity contribution is -0.123. The van der Waals surface area contributed by atoms with Gasteiger partial charge in [0.25, 0.3) is 0 Å². The molecule has 17 heavy (non-hydrogen) atoms. The van der Waals surface area contributed by atoms with Crippen molar-refractivity contribution < 1.29 is 4.79 Å². The molecule has 0 aromatic heterocycles. The third-order valence-electron chi connectivity index (χ3n) is 3.37. The number of benzene rings is 1. The third kappa shape index (κ3) is 3.55. The molecule has 1 aromatic carbocycles. The van der Waals surface area contributed by atoms with Gasteiger partial charge in [-0.1, -0.05) is 30.7 Å². The van der Waals surface area contributed by atoms with Crippen LogP contribution in [0.25, 0.3) is 0 Å². The predicted octanol–water partition coefficient (Wildman–Crippen LogP) is 3.70. The van der Waals surface area contributed by atoms with E-state index in [0.29, 0.717) is 6.42 Å². The number of carbonyl (C=O) groups is 1. The highest BCUT2D eigenvalue weighted by Gasteiger charge is 2.21. The molecule has 0 aliphatic heterocycles. The fraction of sp³-hybridized carbons (Fsp3) is 0.500. The molecule has 0 N–H and O–H groups in total. The molecule has 2 unspecified atom stereocenters. The van der Waals surface area contributed by atoms with Gasteiger partial charge in [0.1, 0.15) is 5.78 Å². The van der Waals surface area contributed by atoms with Gasteiger partial charge in [0, 0.05) is 17.5 Å². The minimum atomic E-state index is -0.0611. The normalized spacial score (nSPS) is 14.7. The highest BCUT2D eigenvalue weighted by Crippen LogP contribution is 2.23. The fourth-order valence-electron chi connectivity index (χ4n) is 1.86. The maximum Gasteiger partial charge on any atom is 0.149 e. The average molecular weight is 254 g/mol. The van der Waals surface area contributed by atoms with Gasteiger partial charge >= 0.3 is 0 Å². The summed E-state index contributed by atoms with van der Waals surface area (Å²) >= 11 is 5.98. The maximum atomic E-state index is 11.7. The first-order chi connectivity index (χ1) is 7.97. The second-order valence-corrected chi connectivity index (χ2v) is 4.83. The quantitative estimate of drug-likeness (QED) is 0.798. The Hall–Kier alpha value is -0.860. The number of hydrogen-bond acceptors (Lipinski definition) is 2. The summed E-state index contributed by atoms with van der Waals surface area (Å²) in [6.07, 6.45) is 0.577. The number of nitrogens with zero attached hydrogens (tertiary/aromatic N) is 1. The van der Waals surface area contributed by atoms with Crippen molar-refractivity contribution in [1.29, 1.82) is 0 Å². The minimum absolute atomic E-state index is 0.0611. The van der Waals surface area contributed by atoms with E-state index in [9.17, 15) is 4.79 Å². The summed E-state index contributed by atoms with van der Waals surface area (Å²) in [4.78, 5) is 13.8. The first kappa shape index (κ1) is 14.2. The molecule has 0 fully saturated rings. The first-order valence-corrected chi connectivity index (χ1v) is 6.35. The Labute approximate surface area is 109 Å². The molecule has 0 aliphatic carbocycles. The highest BCUT2D eigenvalue weighted by atomic mass is 35.5. The van der Waals surface area contributed by atoms with Crippen molar-refractivity contribution in [2.45, 2.75) is 39.3 Å². The molecule has 2 atom stereocenters. The Morgan fingerprint density at radius 2 is 2.06 bits per heavy atom. The largest absolute Gasteiger partial charge is 0.298 e. The Bertz CT molecular complexity index is 392. The number of likely N-dealkylation sites (N-methyl/N-ethyl adjacent to an activating group) is 1. The van der Waals surface area contributed by atoms with Crippen LogP contribution in [0.5, 0.6) is 0 Å². The van der Waals surface area contributed by atoms with E-state index in [1.54, 1.807) is 0 Å². The second kappa shape index (κ2) is 6.18. The van der Waals surface area contributed by atoms with Crippen LogP contribution in [-0.4, -0.2) is 23.8 Å². The van der Waals surface area contributed by atoms with Gasteiger partial charge in [-0.25, -0.2) is 0 Å². The summed E-state index contributed by atoms with van der Waals surface area (Å²) in [6.45, 7) is 5.94. The lowest BCUT2D eigenvalue weighted by Crippen LogP contribution is -2.37. The van der Waals surface area contributed by atoms with Crippen molar-refractivity contribution in [1.82, 2.24) is 4.90 Å². The van der Waals surface area contributed by atoms with Crippen LogP contribution in [-0.2, 0) is 4.79 Å². The predicted molar refractivity (Wildman–Crippen MR) is 72.4 cm³/mol. The van der Waals surface area contributed by atoms with Crippen molar-refractivity contribution >= 4 is 17.4 Å².